The van der Waals surface area contributed by atoms with Crippen LogP contribution in [0, 0.1) is 5.41 Å². The summed E-state index contributed by atoms with van der Waals surface area (Å²) >= 11 is 0. The molecule has 2 aliphatic heterocycles. The van der Waals surface area contributed by atoms with Gasteiger partial charge in [0.05, 0.1) is 11.1 Å². The molecule has 3 aliphatic rings. The Morgan fingerprint density at radius 3 is 2.57 bits per heavy atom. The second-order valence-electron chi connectivity index (χ2n) is 7.91. The molecule has 2 heterocycles. The Morgan fingerprint density at radius 2 is 1.93 bits per heavy atom. The monoisotopic (exact) mass is 384 g/mol. The summed E-state index contributed by atoms with van der Waals surface area (Å²) in [6, 6.07) is 4.20. The van der Waals surface area contributed by atoms with Gasteiger partial charge in [-0.25, -0.2) is 0 Å². The van der Waals surface area contributed by atoms with Crippen molar-refractivity contribution in [2.75, 3.05) is 25.5 Å². The summed E-state index contributed by atoms with van der Waals surface area (Å²) in [5, 5.41) is 8.82. The van der Waals surface area contributed by atoms with Crippen LogP contribution in [0.5, 0.6) is 0 Å². The first-order valence-corrected chi connectivity index (χ1v) is 9.69. The number of imide groups is 2. The number of rotatable bonds is 6. The average Bonchev–Trinajstić information content (AvgIpc) is 2.89. The fourth-order valence-electron chi connectivity index (χ4n) is 4.41. The highest BCUT2D eigenvalue weighted by atomic mass is 16.2. The Kier molecular flexibility index (Phi) is 4.66. The molecule has 148 valence electrons. The number of anilines is 1. The second kappa shape index (κ2) is 7.01. The van der Waals surface area contributed by atoms with E-state index in [1.807, 2.05) is 7.05 Å². The lowest BCUT2D eigenvalue weighted by molar-refractivity contribution is -0.136. The van der Waals surface area contributed by atoms with Crippen LogP contribution in [0.25, 0.3) is 0 Å². The number of hydrogen-bond donors (Lipinski definition) is 3. The van der Waals surface area contributed by atoms with E-state index in [-0.39, 0.29) is 24.2 Å². The molecule has 1 saturated carbocycles. The van der Waals surface area contributed by atoms with Crippen LogP contribution >= 0.6 is 0 Å². The number of nitrogens with zero attached hydrogens (tertiary/aromatic N) is 1. The van der Waals surface area contributed by atoms with Crippen molar-refractivity contribution in [1.29, 1.82) is 0 Å². The Hall–Kier alpha value is -2.74. The molecule has 0 radical (unpaired) electrons. The molecule has 2 fully saturated rings. The molecular weight excluding hydrogens is 360 g/mol. The Labute approximate surface area is 163 Å². The quantitative estimate of drug-likeness (QED) is 0.629. The van der Waals surface area contributed by atoms with Crippen LogP contribution < -0.4 is 16.0 Å². The minimum Gasteiger partial charge on any atom is -0.384 e. The lowest BCUT2D eigenvalue weighted by Crippen LogP contribution is -2.54. The van der Waals surface area contributed by atoms with Gasteiger partial charge in [-0.15, -0.1) is 0 Å². The molecule has 0 bridgehead atoms. The van der Waals surface area contributed by atoms with Gasteiger partial charge in [-0.2, -0.15) is 0 Å². The Bertz CT molecular complexity index is 862. The first kappa shape index (κ1) is 18.6. The summed E-state index contributed by atoms with van der Waals surface area (Å²) in [6.07, 6.45) is 3.69. The third kappa shape index (κ3) is 2.97. The molecule has 8 nitrogen and oxygen atoms in total. The van der Waals surface area contributed by atoms with Gasteiger partial charge in [0.25, 0.3) is 11.8 Å². The van der Waals surface area contributed by atoms with Crippen molar-refractivity contribution in [3.8, 4) is 0 Å². The third-order valence-corrected chi connectivity index (χ3v) is 6.09. The zero-order valence-corrected chi connectivity index (χ0v) is 15.8. The number of nitrogens with one attached hydrogen (secondary N) is 3. The first-order valence-electron chi connectivity index (χ1n) is 9.69. The van der Waals surface area contributed by atoms with Gasteiger partial charge in [0.15, 0.2) is 0 Å². The first-order chi connectivity index (χ1) is 13.5. The van der Waals surface area contributed by atoms with Gasteiger partial charge in [0, 0.05) is 30.6 Å². The van der Waals surface area contributed by atoms with Crippen molar-refractivity contribution in [3.05, 3.63) is 29.3 Å². The van der Waals surface area contributed by atoms with E-state index in [0.29, 0.717) is 23.4 Å². The molecule has 3 N–H and O–H groups in total. The van der Waals surface area contributed by atoms with Gasteiger partial charge in [0.1, 0.15) is 6.04 Å². The summed E-state index contributed by atoms with van der Waals surface area (Å²) in [6.45, 7) is 1.61. The van der Waals surface area contributed by atoms with Crippen LogP contribution in [-0.4, -0.2) is 54.7 Å². The van der Waals surface area contributed by atoms with Crippen molar-refractivity contribution < 1.29 is 19.2 Å². The SMILES string of the molecule is CNCC1(CNc2cccc3c2C(=O)N(C2CCC(=O)NC2=O)C3=O)CCC1. The second-order valence-corrected chi connectivity index (χ2v) is 7.91. The zero-order chi connectivity index (χ0) is 19.9. The molecule has 28 heavy (non-hydrogen) atoms. The summed E-state index contributed by atoms with van der Waals surface area (Å²) in [5.74, 6) is -1.93. The number of benzene rings is 1. The molecule has 4 rings (SSSR count). The minimum atomic E-state index is -0.944. The minimum absolute atomic E-state index is 0.113. The van der Waals surface area contributed by atoms with E-state index in [2.05, 4.69) is 16.0 Å². The average molecular weight is 384 g/mol. The van der Waals surface area contributed by atoms with Crippen molar-refractivity contribution in [2.45, 2.75) is 38.1 Å². The molecule has 1 unspecified atom stereocenters. The highest BCUT2D eigenvalue weighted by molar-refractivity contribution is 6.25. The van der Waals surface area contributed by atoms with E-state index in [1.165, 1.54) is 6.42 Å². The Balaban J connectivity index is 1.58. The number of carbonyl (C=O) groups excluding carboxylic acids is 4. The van der Waals surface area contributed by atoms with E-state index in [1.54, 1.807) is 18.2 Å². The molecule has 1 aliphatic carbocycles. The molecule has 1 atom stereocenters. The summed E-state index contributed by atoms with van der Waals surface area (Å²) in [4.78, 5) is 50.5. The predicted molar refractivity (Wildman–Crippen MR) is 102 cm³/mol. The maximum Gasteiger partial charge on any atom is 0.264 e. The van der Waals surface area contributed by atoms with Crippen LogP contribution in [-0.2, 0) is 9.59 Å². The highest BCUT2D eigenvalue weighted by Crippen LogP contribution is 2.41. The van der Waals surface area contributed by atoms with Crippen molar-refractivity contribution >= 4 is 29.3 Å². The van der Waals surface area contributed by atoms with E-state index in [0.717, 1.165) is 24.3 Å². The molecule has 1 aromatic carbocycles. The fourth-order valence-corrected chi connectivity index (χ4v) is 4.41. The number of hydrogen-bond acceptors (Lipinski definition) is 6. The largest absolute Gasteiger partial charge is 0.384 e. The standard InChI is InChI=1S/C20H24N4O4/c1-21-10-20(8-3-9-20)11-22-13-5-2-4-12-16(13)19(28)24(18(12)27)14-6-7-15(25)23-17(14)26/h2,4-5,14,21-22H,3,6-11H2,1H3,(H,23,25,26). The van der Waals surface area contributed by atoms with Crippen LogP contribution in [0.3, 0.4) is 0 Å². The number of carbonyl (C=O) groups is 4. The molecule has 0 aromatic heterocycles. The summed E-state index contributed by atoms with van der Waals surface area (Å²) < 4.78 is 0. The number of fused-ring (bicyclic) bond motifs is 1. The molecule has 0 spiro atoms. The van der Waals surface area contributed by atoms with Gasteiger partial charge in [-0.1, -0.05) is 12.5 Å². The van der Waals surface area contributed by atoms with Gasteiger partial charge in [-0.05, 0) is 38.4 Å². The molecule has 8 heteroatoms. The topological polar surface area (TPSA) is 108 Å². The van der Waals surface area contributed by atoms with Crippen molar-refractivity contribution in [2.24, 2.45) is 5.41 Å². The van der Waals surface area contributed by atoms with E-state index < -0.39 is 23.8 Å². The maximum atomic E-state index is 13.1. The lowest BCUT2D eigenvalue weighted by atomic mass is 9.68. The van der Waals surface area contributed by atoms with Crippen LogP contribution in [0.4, 0.5) is 5.69 Å². The zero-order valence-electron chi connectivity index (χ0n) is 15.8. The van der Waals surface area contributed by atoms with Gasteiger partial charge < -0.3 is 10.6 Å². The van der Waals surface area contributed by atoms with Gasteiger partial charge in [0.2, 0.25) is 11.8 Å². The smallest absolute Gasteiger partial charge is 0.264 e. The van der Waals surface area contributed by atoms with Crippen LogP contribution in [0.1, 0.15) is 52.8 Å². The van der Waals surface area contributed by atoms with Crippen LogP contribution in [0.15, 0.2) is 18.2 Å². The van der Waals surface area contributed by atoms with Crippen molar-refractivity contribution in [3.63, 3.8) is 0 Å². The van der Waals surface area contributed by atoms with Crippen molar-refractivity contribution in [1.82, 2.24) is 15.5 Å². The molecule has 1 aromatic rings. The third-order valence-electron chi connectivity index (χ3n) is 6.09. The predicted octanol–water partition coefficient (Wildman–Crippen LogP) is 0.889. The fraction of sp³-hybridized carbons (Fsp3) is 0.500. The number of amides is 4. The summed E-state index contributed by atoms with van der Waals surface area (Å²) in [5.41, 5.74) is 1.40. The Morgan fingerprint density at radius 1 is 1.14 bits per heavy atom. The van der Waals surface area contributed by atoms with E-state index >= 15 is 0 Å². The van der Waals surface area contributed by atoms with Gasteiger partial charge >= 0.3 is 0 Å². The van der Waals surface area contributed by atoms with Crippen LogP contribution in [0.2, 0.25) is 0 Å². The van der Waals surface area contributed by atoms with E-state index in [9.17, 15) is 19.2 Å². The lowest BCUT2D eigenvalue weighted by Gasteiger charge is -2.42. The molecule has 1 saturated heterocycles. The number of piperidine rings is 1. The van der Waals surface area contributed by atoms with Gasteiger partial charge in [-0.3, -0.25) is 29.4 Å². The molecular formula is C20H24N4O4. The summed E-state index contributed by atoms with van der Waals surface area (Å²) in [7, 11) is 1.93. The normalized spacial score (nSPS) is 23.3. The van der Waals surface area contributed by atoms with E-state index in [4.69, 9.17) is 0 Å². The highest BCUT2D eigenvalue weighted by Gasteiger charge is 2.46. The molecule has 4 amide bonds. The maximum absolute atomic E-state index is 13.1.